The van der Waals surface area contributed by atoms with Gasteiger partial charge in [0.2, 0.25) is 0 Å². The molecule has 0 saturated heterocycles. The number of rotatable bonds is 5. The summed E-state index contributed by atoms with van der Waals surface area (Å²) >= 11 is 7.15. The molecule has 0 spiro atoms. The van der Waals surface area contributed by atoms with E-state index in [2.05, 4.69) is 50.8 Å². The lowest BCUT2D eigenvalue weighted by molar-refractivity contribution is 0.175. The topological polar surface area (TPSA) is 38.0 Å². The minimum atomic E-state index is -0.537. The van der Waals surface area contributed by atoms with Gasteiger partial charge in [0.05, 0.1) is 22.0 Å². The van der Waals surface area contributed by atoms with Crippen molar-refractivity contribution >= 4 is 31.9 Å². The van der Waals surface area contributed by atoms with E-state index in [0.29, 0.717) is 6.42 Å². The van der Waals surface area contributed by atoms with Crippen molar-refractivity contribution in [2.75, 3.05) is 0 Å². The van der Waals surface area contributed by atoms with E-state index in [1.807, 2.05) is 29.8 Å². The SMILES string of the molecule is CCc1nn(CC)c(CC(O)c2ccc(C)c(Br)c2)c1Br. The Balaban J connectivity index is 2.28. The Bertz CT molecular complexity index is 637. The average Bonchev–Trinajstić information content (AvgIpc) is 2.78. The fourth-order valence-corrected chi connectivity index (χ4v) is 3.45. The largest absolute Gasteiger partial charge is 0.388 e. The van der Waals surface area contributed by atoms with Crippen LogP contribution in [0.3, 0.4) is 0 Å². The molecule has 21 heavy (non-hydrogen) atoms. The van der Waals surface area contributed by atoms with Gasteiger partial charge >= 0.3 is 0 Å². The lowest BCUT2D eigenvalue weighted by atomic mass is 10.0. The first-order chi connectivity index (χ1) is 9.97. The molecule has 0 saturated carbocycles. The smallest absolute Gasteiger partial charge is 0.0846 e. The number of halogens is 2. The summed E-state index contributed by atoms with van der Waals surface area (Å²) in [5, 5.41) is 15.1. The van der Waals surface area contributed by atoms with Crippen LogP contribution in [-0.2, 0) is 19.4 Å². The van der Waals surface area contributed by atoms with Crippen LogP contribution in [0.4, 0.5) is 0 Å². The number of hydrogen-bond donors (Lipinski definition) is 1. The molecular formula is C16H20Br2N2O. The quantitative estimate of drug-likeness (QED) is 0.776. The zero-order valence-electron chi connectivity index (χ0n) is 12.5. The monoisotopic (exact) mass is 414 g/mol. The summed E-state index contributed by atoms with van der Waals surface area (Å²) in [6.45, 7) is 7.00. The van der Waals surface area contributed by atoms with Gasteiger partial charge in [0.1, 0.15) is 0 Å². The van der Waals surface area contributed by atoms with Crippen LogP contribution in [0.15, 0.2) is 27.1 Å². The van der Waals surface area contributed by atoms with Gasteiger partial charge in [-0.2, -0.15) is 5.10 Å². The van der Waals surface area contributed by atoms with Crippen LogP contribution in [0.5, 0.6) is 0 Å². The summed E-state index contributed by atoms with van der Waals surface area (Å²) in [6.07, 6.45) is 0.897. The van der Waals surface area contributed by atoms with E-state index in [9.17, 15) is 5.11 Å². The Hall–Kier alpha value is -0.650. The highest BCUT2D eigenvalue weighted by Crippen LogP contribution is 2.29. The van der Waals surface area contributed by atoms with E-state index in [1.165, 1.54) is 5.56 Å². The Kier molecular flexibility index (Phi) is 5.63. The molecule has 0 fully saturated rings. The Morgan fingerprint density at radius 2 is 2.00 bits per heavy atom. The second kappa shape index (κ2) is 7.07. The van der Waals surface area contributed by atoms with Gasteiger partial charge in [-0.25, -0.2) is 0 Å². The van der Waals surface area contributed by atoms with E-state index in [0.717, 1.165) is 38.9 Å². The maximum atomic E-state index is 10.5. The molecule has 2 rings (SSSR count). The van der Waals surface area contributed by atoms with Crippen LogP contribution in [0.25, 0.3) is 0 Å². The van der Waals surface area contributed by atoms with Gasteiger partial charge < -0.3 is 5.11 Å². The minimum Gasteiger partial charge on any atom is -0.388 e. The highest BCUT2D eigenvalue weighted by atomic mass is 79.9. The number of aryl methyl sites for hydroxylation is 3. The molecule has 1 aromatic heterocycles. The Labute approximate surface area is 142 Å². The zero-order valence-corrected chi connectivity index (χ0v) is 15.7. The van der Waals surface area contributed by atoms with Gasteiger partial charge in [-0.15, -0.1) is 0 Å². The predicted molar refractivity (Wildman–Crippen MR) is 92.5 cm³/mol. The lowest BCUT2D eigenvalue weighted by Crippen LogP contribution is -2.09. The Morgan fingerprint density at radius 3 is 2.57 bits per heavy atom. The third kappa shape index (κ3) is 3.58. The van der Waals surface area contributed by atoms with Crippen LogP contribution in [0, 0.1) is 6.92 Å². The predicted octanol–water partition coefficient (Wildman–Crippen LogP) is 4.57. The van der Waals surface area contributed by atoms with Gasteiger partial charge in [-0.1, -0.05) is 35.0 Å². The van der Waals surface area contributed by atoms with Crippen LogP contribution >= 0.6 is 31.9 Å². The van der Waals surface area contributed by atoms with Gasteiger partial charge in [0.15, 0.2) is 0 Å². The van der Waals surface area contributed by atoms with Crippen LogP contribution < -0.4 is 0 Å². The fourth-order valence-electron chi connectivity index (χ4n) is 2.33. The van der Waals surface area contributed by atoms with Crippen molar-refractivity contribution < 1.29 is 5.11 Å². The molecule has 5 heteroatoms. The van der Waals surface area contributed by atoms with Crippen LogP contribution in [-0.4, -0.2) is 14.9 Å². The van der Waals surface area contributed by atoms with Crippen molar-refractivity contribution in [2.45, 2.75) is 46.3 Å². The first-order valence-corrected chi connectivity index (χ1v) is 8.74. The van der Waals surface area contributed by atoms with Crippen molar-refractivity contribution in [1.29, 1.82) is 0 Å². The lowest BCUT2D eigenvalue weighted by Gasteiger charge is -2.14. The molecule has 3 nitrogen and oxygen atoms in total. The van der Waals surface area contributed by atoms with Crippen molar-refractivity contribution in [1.82, 2.24) is 9.78 Å². The molecule has 1 N–H and O–H groups in total. The molecule has 2 aromatic rings. The highest BCUT2D eigenvalue weighted by molar-refractivity contribution is 9.10. The van der Waals surface area contributed by atoms with E-state index in [4.69, 9.17) is 0 Å². The van der Waals surface area contributed by atoms with Gasteiger partial charge in [0, 0.05) is 17.4 Å². The normalized spacial score (nSPS) is 12.7. The van der Waals surface area contributed by atoms with Crippen LogP contribution in [0.1, 0.15) is 42.5 Å². The molecule has 1 heterocycles. The molecule has 1 unspecified atom stereocenters. The average molecular weight is 416 g/mol. The summed E-state index contributed by atoms with van der Waals surface area (Å²) < 4.78 is 4.02. The summed E-state index contributed by atoms with van der Waals surface area (Å²) in [5.41, 5.74) is 4.18. The minimum absolute atomic E-state index is 0.537. The molecule has 114 valence electrons. The number of aromatic nitrogens is 2. The van der Waals surface area contributed by atoms with Crippen LogP contribution in [0.2, 0.25) is 0 Å². The number of aliphatic hydroxyl groups excluding tert-OH is 1. The summed E-state index contributed by atoms with van der Waals surface area (Å²) in [6, 6.07) is 5.99. The summed E-state index contributed by atoms with van der Waals surface area (Å²) in [4.78, 5) is 0. The van der Waals surface area contributed by atoms with Crippen molar-refractivity contribution in [2.24, 2.45) is 0 Å². The number of nitrogens with zero attached hydrogens (tertiary/aromatic N) is 2. The second-order valence-corrected chi connectivity index (χ2v) is 6.75. The van der Waals surface area contributed by atoms with E-state index in [1.54, 1.807) is 0 Å². The third-order valence-corrected chi connectivity index (χ3v) is 5.43. The van der Waals surface area contributed by atoms with Gasteiger partial charge in [0.25, 0.3) is 0 Å². The maximum Gasteiger partial charge on any atom is 0.0846 e. The molecule has 1 atom stereocenters. The van der Waals surface area contributed by atoms with Crippen molar-refractivity contribution in [3.05, 3.63) is 49.7 Å². The zero-order chi connectivity index (χ0) is 15.6. The first-order valence-electron chi connectivity index (χ1n) is 7.16. The molecule has 0 aliphatic carbocycles. The van der Waals surface area contributed by atoms with Crippen molar-refractivity contribution in [3.63, 3.8) is 0 Å². The number of hydrogen-bond acceptors (Lipinski definition) is 2. The van der Waals surface area contributed by atoms with Gasteiger partial charge in [-0.05, 0) is 53.4 Å². The standard InChI is InChI=1S/C16H20Br2N2O/c1-4-13-16(18)14(20(5-2)19-13)9-15(21)11-7-6-10(3)12(17)8-11/h6-8,15,21H,4-5,9H2,1-3H3. The molecule has 0 amide bonds. The molecule has 0 bridgehead atoms. The fraction of sp³-hybridized carbons (Fsp3) is 0.438. The van der Waals surface area contributed by atoms with E-state index in [-0.39, 0.29) is 0 Å². The molecule has 1 aromatic carbocycles. The number of benzene rings is 1. The summed E-state index contributed by atoms with van der Waals surface area (Å²) in [5.74, 6) is 0. The van der Waals surface area contributed by atoms with Gasteiger partial charge in [-0.3, -0.25) is 4.68 Å². The second-order valence-electron chi connectivity index (χ2n) is 5.11. The first kappa shape index (κ1) is 16.7. The molecule has 0 aliphatic heterocycles. The highest BCUT2D eigenvalue weighted by Gasteiger charge is 2.18. The van der Waals surface area contributed by atoms with Crippen molar-refractivity contribution in [3.8, 4) is 0 Å². The molecular weight excluding hydrogens is 396 g/mol. The Morgan fingerprint density at radius 1 is 1.29 bits per heavy atom. The van der Waals surface area contributed by atoms with E-state index >= 15 is 0 Å². The maximum absolute atomic E-state index is 10.5. The molecule has 0 radical (unpaired) electrons. The summed E-state index contributed by atoms with van der Waals surface area (Å²) in [7, 11) is 0. The third-order valence-electron chi connectivity index (χ3n) is 3.66. The van der Waals surface area contributed by atoms with E-state index < -0.39 is 6.10 Å². The molecule has 0 aliphatic rings. The number of aliphatic hydroxyl groups is 1.